The van der Waals surface area contributed by atoms with Crippen LogP contribution in [0.25, 0.3) is 54.2 Å². The molecule has 0 radical (unpaired) electrons. The first kappa shape index (κ1) is 35.4. The summed E-state index contributed by atoms with van der Waals surface area (Å²) >= 11 is 0. The van der Waals surface area contributed by atoms with E-state index in [1.54, 1.807) is 24.3 Å². The molecular formula is C47H34N4O6. The number of benzene rings is 8. The Balaban J connectivity index is 1.22. The average molecular weight is 751 g/mol. The number of carbonyl (C=O) groups excluding carboxylic acids is 2. The van der Waals surface area contributed by atoms with E-state index in [2.05, 4.69) is 78.1 Å². The summed E-state index contributed by atoms with van der Waals surface area (Å²) in [6.45, 7) is 0. The van der Waals surface area contributed by atoms with Gasteiger partial charge in [-0.15, -0.1) is 0 Å². The first-order valence-electron chi connectivity index (χ1n) is 18.7. The lowest BCUT2D eigenvalue weighted by atomic mass is 9.83. The highest BCUT2D eigenvalue weighted by Gasteiger charge is 2.37. The van der Waals surface area contributed by atoms with Gasteiger partial charge in [-0.05, 0) is 83.7 Å². The van der Waals surface area contributed by atoms with Crippen molar-refractivity contribution in [1.29, 1.82) is 0 Å². The fraction of sp³-hybridized carbons (Fsp3) is 0.106. The Morgan fingerprint density at radius 3 is 1.44 bits per heavy atom. The Hall–Kier alpha value is -7.30. The maximum Gasteiger partial charge on any atom is 0.277 e. The van der Waals surface area contributed by atoms with Crippen LogP contribution in [0.15, 0.2) is 146 Å². The molecule has 2 atom stereocenters. The number of nitro benzene ring substituents is 2. The highest BCUT2D eigenvalue weighted by Crippen LogP contribution is 2.57. The maximum atomic E-state index is 14.5. The maximum absolute atomic E-state index is 14.5. The van der Waals surface area contributed by atoms with E-state index >= 15 is 0 Å². The van der Waals surface area contributed by atoms with Crippen LogP contribution in [0.5, 0.6) is 0 Å². The first-order chi connectivity index (χ1) is 27.7. The van der Waals surface area contributed by atoms with Crippen LogP contribution in [0.4, 0.5) is 11.4 Å². The Bertz CT molecular complexity index is 2830. The minimum absolute atomic E-state index is 0.147. The molecule has 8 aromatic rings. The van der Waals surface area contributed by atoms with Crippen molar-refractivity contribution in [3.05, 3.63) is 188 Å². The summed E-state index contributed by atoms with van der Waals surface area (Å²) in [6.07, 6.45) is 0.561. The van der Waals surface area contributed by atoms with E-state index in [1.807, 2.05) is 30.3 Å². The van der Waals surface area contributed by atoms with Crippen molar-refractivity contribution in [2.24, 2.45) is 5.73 Å². The molecule has 10 nitrogen and oxygen atoms in total. The fourth-order valence-electron chi connectivity index (χ4n) is 8.87. The van der Waals surface area contributed by atoms with Crippen LogP contribution in [-0.4, -0.2) is 27.6 Å². The molecule has 0 saturated heterocycles. The van der Waals surface area contributed by atoms with Gasteiger partial charge < -0.3 is 11.1 Å². The summed E-state index contributed by atoms with van der Waals surface area (Å²) in [5.74, 6) is -1.54. The van der Waals surface area contributed by atoms with E-state index in [9.17, 15) is 29.8 Å². The molecule has 8 aromatic carbocycles. The molecule has 0 aromatic heterocycles. The monoisotopic (exact) mass is 750 g/mol. The number of carbonyl (C=O) groups is 2. The number of hydrogen-bond donors (Lipinski definition) is 2. The van der Waals surface area contributed by atoms with Gasteiger partial charge in [0.15, 0.2) is 5.78 Å². The number of fused-ring (bicyclic) bond motifs is 13. The van der Waals surface area contributed by atoms with Crippen LogP contribution in [0.1, 0.15) is 51.8 Å². The third-order valence-electron chi connectivity index (χ3n) is 11.3. The second-order valence-electron chi connectivity index (χ2n) is 14.5. The van der Waals surface area contributed by atoms with Crippen molar-refractivity contribution in [2.45, 2.75) is 30.8 Å². The number of rotatable bonds is 10. The molecular weight excluding hydrogens is 717 g/mol. The Morgan fingerprint density at radius 1 is 0.579 bits per heavy atom. The van der Waals surface area contributed by atoms with E-state index in [0.717, 1.165) is 83.5 Å². The van der Waals surface area contributed by atoms with Gasteiger partial charge in [0.05, 0.1) is 33.6 Å². The zero-order valence-corrected chi connectivity index (χ0v) is 30.4. The topological polar surface area (TPSA) is 158 Å². The normalized spacial score (nSPS) is 13.4. The minimum atomic E-state index is -1.16. The van der Waals surface area contributed by atoms with Crippen LogP contribution >= 0.6 is 0 Å². The van der Waals surface area contributed by atoms with Gasteiger partial charge in [-0.25, -0.2) is 0 Å². The van der Waals surface area contributed by atoms with Crippen molar-refractivity contribution < 1.29 is 19.4 Å². The highest BCUT2D eigenvalue weighted by molar-refractivity contribution is 6.25. The summed E-state index contributed by atoms with van der Waals surface area (Å²) in [7, 11) is 0. The lowest BCUT2D eigenvalue weighted by molar-refractivity contribution is -0.394. The molecule has 57 heavy (non-hydrogen) atoms. The Kier molecular flexibility index (Phi) is 8.75. The first-order valence-corrected chi connectivity index (χ1v) is 18.7. The second-order valence-corrected chi connectivity index (χ2v) is 14.5. The van der Waals surface area contributed by atoms with Gasteiger partial charge in [0.2, 0.25) is 0 Å². The minimum Gasteiger partial charge on any atom is -0.342 e. The van der Waals surface area contributed by atoms with Crippen molar-refractivity contribution in [1.82, 2.24) is 5.32 Å². The van der Waals surface area contributed by atoms with Gasteiger partial charge in [0.1, 0.15) is 0 Å². The molecule has 278 valence electrons. The Morgan fingerprint density at radius 2 is 0.982 bits per heavy atom. The van der Waals surface area contributed by atoms with Crippen LogP contribution in [0.2, 0.25) is 0 Å². The predicted octanol–water partition coefficient (Wildman–Crippen LogP) is 10.1. The molecule has 0 heterocycles. The standard InChI is InChI=1S/C47H34N4O6/c48-45(27-12-2-1-3-13-27)46(52)40(49-47(53)28-24-29(50(54)55)26-30(25-28)51(56)57)23-22-39-41-35-18-8-4-14-31(35)33-16-6-10-20-37(33)43(41)44-38-21-11-7-17-34(38)32-15-5-9-19-36(32)42(39)44/h1-21,24-26,39-40,45H,22-23,48H2,(H,49,53). The van der Waals surface area contributed by atoms with Gasteiger partial charge in [-0.3, -0.25) is 29.8 Å². The SMILES string of the molecule is NC(C(=O)C(CCC1c2c(c3ccccc3c3ccccc23)-c2c1c1ccccc1c1ccccc21)NC(=O)c1cc([N+](=O)[O-])cc([N+](=O)[O-])c1)c1ccccc1. The number of nitro groups is 2. The second kappa shape index (κ2) is 14.1. The lowest BCUT2D eigenvalue weighted by Gasteiger charge is -2.25. The van der Waals surface area contributed by atoms with Crippen molar-refractivity contribution in [3.8, 4) is 11.1 Å². The van der Waals surface area contributed by atoms with E-state index in [0.29, 0.717) is 12.0 Å². The summed E-state index contributed by atoms with van der Waals surface area (Å²) in [6, 6.07) is 42.9. The number of hydrogen-bond acceptors (Lipinski definition) is 7. The molecule has 3 N–H and O–H groups in total. The molecule has 0 bridgehead atoms. The largest absolute Gasteiger partial charge is 0.342 e. The van der Waals surface area contributed by atoms with E-state index in [1.165, 1.54) is 0 Å². The van der Waals surface area contributed by atoms with Gasteiger partial charge in [0, 0.05) is 18.1 Å². The van der Waals surface area contributed by atoms with Gasteiger partial charge in [-0.1, -0.05) is 127 Å². The van der Waals surface area contributed by atoms with Crippen molar-refractivity contribution >= 4 is 66.2 Å². The average Bonchev–Trinajstić information content (AvgIpc) is 3.60. The fourth-order valence-corrected chi connectivity index (χ4v) is 8.87. The van der Waals surface area contributed by atoms with Crippen LogP contribution < -0.4 is 11.1 Å². The number of ketones is 1. The number of amides is 1. The zero-order chi connectivity index (χ0) is 39.4. The molecule has 2 unspecified atom stereocenters. The molecule has 0 saturated carbocycles. The molecule has 1 aliphatic rings. The molecule has 0 spiro atoms. The Labute approximate surface area is 325 Å². The molecule has 0 fully saturated rings. The molecule has 1 aliphatic carbocycles. The summed E-state index contributed by atoms with van der Waals surface area (Å²) in [5, 5.41) is 35.1. The van der Waals surface area contributed by atoms with E-state index in [-0.39, 0.29) is 17.9 Å². The molecule has 9 rings (SSSR count). The third kappa shape index (κ3) is 5.94. The van der Waals surface area contributed by atoms with Crippen LogP contribution in [-0.2, 0) is 4.79 Å². The summed E-state index contributed by atoms with van der Waals surface area (Å²) < 4.78 is 0. The predicted molar refractivity (Wildman–Crippen MR) is 222 cm³/mol. The number of Topliss-reactive ketones (excluding diaryl/α,β-unsaturated/α-hetero) is 1. The zero-order valence-electron chi connectivity index (χ0n) is 30.4. The number of non-ortho nitro benzene ring substituents is 2. The molecule has 0 aliphatic heterocycles. The van der Waals surface area contributed by atoms with Gasteiger partial charge in [-0.2, -0.15) is 0 Å². The van der Waals surface area contributed by atoms with Crippen LogP contribution in [0.3, 0.4) is 0 Å². The quantitative estimate of drug-likeness (QED) is 0.0799. The van der Waals surface area contributed by atoms with Crippen molar-refractivity contribution in [3.63, 3.8) is 0 Å². The highest BCUT2D eigenvalue weighted by atomic mass is 16.6. The summed E-state index contributed by atoms with van der Waals surface area (Å²) in [4.78, 5) is 50.3. The lowest BCUT2D eigenvalue weighted by Crippen LogP contribution is -2.45. The van der Waals surface area contributed by atoms with Crippen LogP contribution in [0, 0.1) is 20.2 Å². The van der Waals surface area contributed by atoms with E-state index < -0.39 is 45.0 Å². The summed E-state index contributed by atoms with van der Waals surface area (Å²) in [5.41, 5.74) is 10.2. The number of nitrogens with zero attached hydrogens (tertiary/aromatic N) is 2. The number of nitrogens with one attached hydrogen (secondary N) is 1. The van der Waals surface area contributed by atoms with E-state index in [4.69, 9.17) is 5.73 Å². The van der Waals surface area contributed by atoms with Gasteiger partial charge >= 0.3 is 0 Å². The van der Waals surface area contributed by atoms with Crippen molar-refractivity contribution in [2.75, 3.05) is 0 Å². The molecule has 10 heteroatoms. The number of nitrogens with two attached hydrogens (primary N) is 1. The third-order valence-corrected chi connectivity index (χ3v) is 11.3. The molecule has 1 amide bonds. The van der Waals surface area contributed by atoms with Gasteiger partial charge in [0.25, 0.3) is 17.3 Å². The smallest absolute Gasteiger partial charge is 0.277 e.